The minimum Gasteiger partial charge on any atom is -0.493 e. The highest BCUT2D eigenvalue weighted by Crippen LogP contribution is 2.28. The fraction of sp³-hybridized carbons (Fsp3) is 0.308. The molecule has 9 nitrogen and oxygen atoms in total. The van der Waals surface area contributed by atoms with E-state index in [1.165, 1.54) is 4.52 Å². The second-order valence-corrected chi connectivity index (χ2v) is 8.22. The predicted octanol–water partition coefficient (Wildman–Crippen LogP) is 3.76. The van der Waals surface area contributed by atoms with Gasteiger partial charge in [0.2, 0.25) is 5.78 Å². The van der Waals surface area contributed by atoms with Crippen LogP contribution in [0.1, 0.15) is 43.4 Å². The summed E-state index contributed by atoms with van der Waals surface area (Å²) in [7, 11) is 3.22. The first-order valence-electron chi connectivity index (χ1n) is 11.2. The summed E-state index contributed by atoms with van der Waals surface area (Å²) in [5, 5.41) is 4.26. The lowest BCUT2D eigenvalue weighted by molar-refractivity contribution is 0.0475. The van der Waals surface area contributed by atoms with Gasteiger partial charge in [0.1, 0.15) is 5.56 Å². The Morgan fingerprint density at radius 3 is 2.54 bits per heavy atom. The molecule has 3 heterocycles. The Morgan fingerprint density at radius 2 is 1.80 bits per heavy atom. The zero-order valence-corrected chi connectivity index (χ0v) is 20.5. The molecule has 4 aromatic rings. The Morgan fingerprint density at radius 1 is 1.03 bits per heavy atom. The number of aryl methyl sites for hydroxylation is 3. The van der Waals surface area contributed by atoms with Crippen LogP contribution in [0.25, 0.3) is 5.65 Å². The van der Waals surface area contributed by atoms with E-state index >= 15 is 0 Å². The molecule has 0 fully saturated rings. The first-order chi connectivity index (χ1) is 16.8. The number of ether oxygens (including phenoxy) is 3. The first-order valence-corrected chi connectivity index (χ1v) is 11.2. The SMILES string of the molecule is COc1ccc(CCn2c(C)cc(C(=O)COC(=O)c3c(C)nn4cccnc34)c2C)cc1OC. The molecule has 0 amide bonds. The van der Waals surface area contributed by atoms with Crippen LogP contribution in [0.2, 0.25) is 0 Å². The van der Waals surface area contributed by atoms with Gasteiger partial charge in [0.25, 0.3) is 0 Å². The van der Waals surface area contributed by atoms with E-state index in [1.54, 1.807) is 39.6 Å². The standard InChI is InChI=1S/C26H28N4O5/c1-16-13-20(18(3)29(16)12-9-19-7-8-22(33-4)23(14-19)34-5)21(31)15-35-26(32)24-17(2)28-30-11-6-10-27-25(24)30/h6-8,10-11,13-14H,9,12,15H2,1-5H3. The number of Topliss-reactive ketones (excluding diaryl/α,β-unsaturated/α-hetero) is 1. The molecule has 1 aromatic carbocycles. The molecule has 0 saturated carbocycles. The maximum atomic E-state index is 12.9. The number of benzene rings is 1. The number of fused-ring (bicyclic) bond motifs is 1. The average molecular weight is 477 g/mol. The van der Waals surface area contributed by atoms with Crippen molar-refractivity contribution in [3.63, 3.8) is 0 Å². The second kappa shape index (κ2) is 10.0. The van der Waals surface area contributed by atoms with Crippen molar-refractivity contribution in [3.05, 3.63) is 76.5 Å². The van der Waals surface area contributed by atoms with E-state index < -0.39 is 5.97 Å². The maximum Gasteiger partial charge on any atom is 0.344 e. The van der Waals surface area contributed by atoms with Crippen molar-refractivity contribution in [2.75, 3.05) is 20.8 Å². The molecule has 0 aliphatic heterocycles. The Kier molecular flexibility index (Phi) is 6.86. The van der Waals surface area contributed by atoms with E-state index in [0.29, 0.717) is 34.9 Å². The number of methoxy groups -OCH3 is 2. The zero-order chi connectivity index (χ0) is 25.1. The minimum atomic E-state index is -0.619. The summed E-state index contributed by atoms with van der Waals surface area (Å²) < 4.78 is 19.6. The van der Waals surface area contributed by atoms with Crippen molar-refractivity contribution in [1.29, 1.82) is 0 Å². The van der Waals surface area contributed by atoms with Crippen LogP contribution in [-0.2, 0) is 17.7 Å². The molecule has 0 saturated heterocycles. The highest BCUT2D eigenvalue weighted by molar-refractivity contribution is 6.02. The third kappa shape index (κ3) is 4.75. The van der Waals surface area contributed by atoms with Gasteiger partial charge < -0.3 is 18.8 Å². The Labute approximate surface area is 203 Å². The average Bonchev–Trinajstić information content (AvgIpc) is 3.35. The third-order valence-electron chi connectivity index (χ3n) is 6.05. The van der Waals surface area contributed by atoms with Crippen LogP contribution in [0.3, 0.4) is 0 Å². The summed E-state index contributed by atoms with van der Waals surface area (Å²) in [6.07, 6.45) is 4.03. The zero-order valence-electron chi connectivity index (χ0n) is 20.5. The van der Waals surface area contributed by atoms with Crippen molar-refractivity contribution >= 4 is 17.4 Å². The summed E-state index contributed by atoms with van der Waals surface area (Å²) in [5.41, 5.74) is 4.58. The van der Waals surface area contributed by atoms with Gasteiger partial charge in [-0.2, -0.15) is 5.10 Å². The number of hydrogen-bond acceptors (Lipinski definition) is 7. The Hall–Kier alpha value is -4.14. The van der Waals surface area contributed by atoms with E-state index in [-0.39, 0.29) is 18.0 Å². The predicted molar refractivity (Wildman–Crippen MR) is 129 cm³/mol. The molecule has 0 bridgehead atoms. The van der Waals surface area contributed by atoms with Gasteiger partial charge in [-0.05, 0) is 57.0 Å². The van der Waals surface area contributed by atoms with Gasteiger partial charge in [-0.1, -0.05) is 6.07 Å². The van der Waals surface area contributed by atoms with Gasteiger partial charge in [-0.15, -0.1) is 0 Å². The summed E-state index contributed by atoms with van der Waals surface area (Å²) in [6, 6.07) is 9.39. The lowest BCUT2D eigenvalue weighted by atomic mass is 10.1. The lowest BCUT2D eigenvalue weighted by Gasteiger charge is -2.12. The monoisotopic (exact) mass is 476 g/mol. The van der Waals surface area contributed by atoms with Gasteiger partial charge in [-0.25, -0.2) is 14.3 Å². The lowest BCUT2D eigenvalue weighted by Crippen LogP contribution is -2.16. The molecule has 0 aliphatic carbocycles. The third-order valence-corrected chi connectivity index (χ3v) is 6.05. The largest absolute Gasteiger partial charge is 0.493 e. The first kappa shape index (κ1) is 24.0. The van der Waals surface area contributed by atoms with Gasteiger partial charge >= 0.3 is 5.97 Å². The molecule has 0 radical (unpaired) electrons. The molecule has 0 aliphatic rings. The van der Waals surface area contributed by atoms with Crippen molar-refractivity contribution in [2.45, 2.75) is 33.7 Å². The van der Waals surface area contributed by atoms with Crippen molar-refractivity contribution in [1.82, 2.24) is 19.2 Å². The van der Waals surface area contributed by atoms with Gasteiger partial charge in [0.15, 0.2) is 23.8 Å². The van der Waals surface area contributed by atoms with Crippen LogP contribution in [0.4, 0.5) is 0 Å². The van der Waals surface area contributed by atoms with Crippen LogP contribution in [-0.4, -0.2) is 51.7 Å². The molecular formula is C26H28N4O5. The van der Waals surface area contributed by atoms with Crippen molar-refractivity contribution < 1.29 is 23.8 Å². The van der Waals surface area contributed by atoms with Gasteiger partial charge in [0.05, 0.1) is 19.9 Å². The normalized spacial score (nSPS) is 11.0. The summed E-state index contributed by atoms with van der Waals surface area (Å²) in [4.78, 5) is 29.8. The second-order valence-electron chi connectivity index (χ2n) is 8.22. The van der Waals surface area contributed by atoms with Crippen molar-refractivity contribution in [2.24, 2.45) is 0 Å². The molecule has 0 spiro atoms. The summed E-state index contributed by atoms with van der Waals surface area (Å²) >= 11 is 0. The molecule has 0 unspecified atom stereocenters. The molecular weight excluding hydrogens is 448 g/mol. The number of nitrogens with zero attached hydrogens (tertiary/aromatic N) is 4. The number of carbonyl (C=O) groups excluding carboxylic acids is 2. The fourth-order valence-electron chi connectivity index (χ4n) is 4.22. The topological polar surface area (TPSA) is 97.0 Å². The summed E-state index contributed by atoms with van der Waals surface area (Å²) in [5.74, 6) is 0.486. The number of ketones is 1. The maximum absolute atomic E-state index is 12.9. The van der Waals surface area contributed by atoms with Gasteiger partial charge in [-0.3, -0.25) is 4.79 Å². The van der Waals surface area contributed by atoms with E-state index in [4.69, 9.17) is 14.2 Å². The molecule has 0 atom stereocenters. The molecule has 9 heteroatoms. The number of rotatable bonds is 9. The molecule has 35 heavy (non-hydrogen) atoms. The smallest absolute Gasteiger partial charge is 0.344 e. The Bertz CT molecular complexity index is 1400. The number of esters is 1. The number of carbonyl (C=O) groups is 2. The van der Waals surface area contributed by atoms with Crippen molar-refractivity contribution in [3.8, 4) is 11.5 Å². The number of aromatic nitrogens is 4. The summed E-state index contributed by atoms with van der Waals surface area (Å²) in [6.45, 7) is 5.89. The highest BCUT2D eigenvalue weighted by Gasteiger charge is 2.22. The minimum absolute atomic E-state index is 0.258. The van der Waals surface area contributed by atoms with E-state index in [1.807, 2.05) is 38.1 Å². The van der Waals surface area contributed by atoms with E-state index in [0.717, 1.165) is 23.4 Å². The fourth-order valence-corrected chi connectivity index (χ4v) is 4.22. The van der Waals surface area contributed by atoms with Gasteiger partial charge in [0, 0.05) is 35.9 Å². The van der Waals surface area contributed by atoms with Crippen LogP contribution in [0, 0.1) is 20.8 Å². The van der Waals surface area contributed by atoms with Crippen LogP contribution < -0.4 is 9.47 Å². The number of hydrogen-bond donors (Lipinski definition) is 0. The molecule has 3 aromatic heterocycles. The molecule has 0 N–H and O–H groups in total. The van der Waals surface area contributed by atoms with E-state index in [2.05, 4.69) is 14.6 Å². The Balaban J connectivity index is 1.44. The highest BCUT2D eigenvalue weighted by atomic mass is 16.5. The van der Waals surface area contributed by atoms with Crippen LogP contribution in [0.15, 0.2) is 42.7 Å². The molecule has 4 rings (SSSR count). The van der Waals surface area contributed by atoms with Crippen LogP contribution >= 0.6 is 0 Å². The molecule has 182 valence electrons. The quantitative estimate of drug-likeness (QED) is 0.268. The van der Waals surface area contributed by atoms with Crippen LogP contribution in [0.5, 0.6) is 11.5 Å². The van der Waals surface area contributed by atoms with E-state index in [9.17, 15) is 9.59 Å².